The van der Waals surface area contributed by atoms with Gasteiger partial charge < -0.3 is 15.2 Å². The van der Waals surface area contributed by atoms with Crippen LogP contribution in [0, 0.1) is 18.3 Å². The maximum absolute atomic E-state index is 12.5. The number of nitrogens with zero attached hydrogens (tertiary/aromatic N) is 5. The Hall–Kier alpha value is -3.96. The first-order valence-corrected chi connectivity index (χ1v) is 10.3. The summed E-state index contributed by atoms with van der Waals surface area (Å²) in [6, 6.07) is 12.5. The number of nitrogens with one attached hydrogen (secondary N) is 2. The second-order valence-electron chi connectivity index (χ2n) is 7.37. The first-order chi connectivity index (χ1) is 15.4. The summed E-state index contributed by atoms with van der Waals surface area (Å²) < 4.78 is 1.59. The predicted octanol–water partition coefficient (Wildman–Crippen LogP) is 4.47. The fourth-order valence-corrected chi connectivity index (χ4v) is 3.64. The van der Waals surface area contributed by atoms with Crippen LogP contribution in [0.3, 0.4) is 0 Å². The highest BCUT2D eigenvalue weighted by molar-refractivity contribution is 6.31. The molecule has 0 aliphatic rings. The SMILES string of the molecule is Cc1ccnc(C(C)Nc2cc(=O)n(C)c3ccc(Nc4ccnc(Cl)c4C#N)cc23)n1. The molecule has 4 aromatic rings. The standard InChI is InChI=1S/C23H20ClN7O/c1-13-6-8-27-23(28-13)14(2)29-19-11-21(32)31(3)20-5-4-15(10-16(19)20)30-18-7-9-26-22(24)17(18)12-25/h4-11,14,29H,1-3H3,(H,26,30). The molecule has 0 radical (unpaired) electrons. The molecule has 0 bridgehead atoms. The van der Waals surface area contributed by atoms with Crippen LogP contribution in [0.2, 0.25) is 5.15 Å². The molecule has 1 atom stereocenters. The number of aromatic nitrogens is 4. The molecule has 32 heavy (non-hydrogen) atoms. The van der Waals surface area contributed by atoms with Gasteiger partial charge in [-0.05, 0) is 44.2 Å². The molecular formula is C23H20ClN7O. The van der Waals surface area contributed by atoms with Crippen LogP contribution < -0.4 is 16.2 Å². The Balaban J connectivity index is 1.77. The van der Waals surface area contributed by atoms with E-state index in [0.717, 1.165) is 22.3 Å². The van der Waals surface area contributed by atoms with E-state index in [9.17, 15) is 10.1 Å². The molecule has 4 rings (SSSR count). The van der Waals surface area contributed by atoms with Crippen molar-refractivity contribution in [3.8, 4) is 6.07 Å². The maximum Gasteiger partial charge on any atom is 0.252 e. The Morgan fingerprint density at radius 3 is 2.66 bits per heavy atom. The molecule has 160 valence electrons. The van der Waals surface area contributed by atoms with Crippen LogP contribution in [0.25, 0.3) is 10.9 Å². The Morgan fingerprint density at radius 1 is 1.12 bits per heavy atom. The number of anilines is 3. The van der Waals surface area contributed by atoms with E-state index in [1.54, 1.807) is 29.9 Å². The highest BCUT2D eigenvalue weighted by atomic mass is 35.5. The van der Waals surface area contributed by atoms with Gasteiger partial charge in [0.1, 0.15) is 22.6 Å². The Bertz CT molecular complexity index is 1420. The van der Waals surface area contributed by atoms with Crippen molar-refractivity contribution in [1.29, 1.82) is 5.26 Å². The lowest BCUT2D eigenvalue weighted by Crippen LogP contribution is -2.19. The topological polar surface area (TPSA) is 109 Å². The second kappa shape index (κ2) is 8.65. The number of nitriles is 1. The van der Waals surface area contributed by atoms with Crippen molar-refractivity contribution in [1.82, 2.24) is 19.5 Å². The molecule has 1 aromatic carbocycles. The van der Waals surface area contributed by atoms with Crippen LogP contribution >= 0.6 is 11.6 Å². The van der Waals surface area contributed by atoms with Gasteiger partial charge in [0.25, 0.3) is 5.56 Å². The molecule has 1 unspecified atom stereocenters. The van der Waals surface area contributed by atoms with Crippen LogP contribution in [-0.2, 0) is 7.05 Å². The van der Waals surface area contributed by atoms with Gasteiger partial charge in [-0.2, -0.15) is 5.26 Å². The number of aryl methyl sites for hydroxylation is 2. The highest BCUT2D eigenvalue weighted by Gasteiger charge is 2.14. The summed E-state index contributed by atoms with van der Waals surface area (Å²) >= 11 is 6.05. The van der Waals surface area contributed by atoms with Gasteiger partial charge in [0.15, 0.2) is 0 Å². The molecule has 0 saturated heterocycles. The average Bonchev–Trinajstić information content (AvgIpc) is 2.77. The third-order valence-electron chi connectivity index (χ3n) is 5.11. The zero-order valence-corrected chi connectivity index (χ0v) is 18.5. The van der Waals surface area contributed by atoms with Crippen molar-refractivity contribution < 1.29 is 0 Å². The number of halogens is 1. The second-order valence-corrected chi connectivity index (χ2v) is 7.73. The molecule has 0 aliphatic carbocycles. The normalized spacial score (nSPS) is 11.7. The van der Waals surface area contributed by atoms with Gasteiger partial charge in [-0.3, -0.25) is 4.79 Å². The van der Waals surface area contributed by atoms with Gasteiger partial charge in [0.2, 0.25) is 0 Å². The zero-order chi connectivity index (χ0) is 22.8. The monoisotopic (exact) mass is 445 g/mol. The van der Waals surface area contributed by atoms with E-state index in [1.165, 1.54) is 6.20 Å². The van der Waals surface area contributed by atoms with Gasteiger partial charge in [0.05, 0.1) is 17.2 Å². The van der Waals surface area contributed by atoms with Crippen molar-refractivity contribution in [2.24, 2.45) is 7.05 Å². The smallest absolute Gasteiger partial charge is 0.252 e. The molecule has 3 aromatic heterocycles. The summed E-state index contributed by atoms with van der Waals surface area (Å²) in [4.78, 5) is 25.3. The Labute approximate surface area is 189 Å². The Kier molecular flexibility index (Phi) is 5.75. The quantitative estimate of drug-likeness (QED) is 0.436. The number of rotatable bonds is 5. The van der Waals surface area contributed by atoms with E-state index < -0.39 is 0 Å². The minimum Gasteiger partial charge on any atom is -0.375 e. The van der Waals surface area contributed by atoms with Crippen molar-refractivity contribution >= 4 is 39.6 Å². The fraction of sp³-hybridized carbons (Fsp3) is 0.174. The summed E-state index contributed by atoms with van der Waals surface area (Å²) in [6.45, 7) is 3.85. The Morgan fingerprint density at radius 2 is 1.91 bits per heavy atom. The van der Waals surface area contributed by atoms with Gasteiger partial charge >= 0.3 is 0 Å². The average molecular weight is 446 g/mol. The predicted molar refractivity (Wildman–Crippen MR) is 125 cm³/mol. The van der Waals surface area contributed by atoms with Gasteiger partial charge in [-0.1, -0.05) is 11.6 Å². The minimum atomic E-state index is -0.217. The summed E-state index contributed by atoms with van der Waals surface area (Å²) in [5, 5.41) is 17.0. The highest BCUT2D eigenvalue weighted by Crippen LogP contribution is 2.30. The van der Waals surface area contributed by atoms with E-state index in [4.69, 9.17) is 11.6 Å². The zero-order valence-electron chi connectivity index (χ0n) is 17.7. The van der Waals surface area contributed by atoms with Crippen LogP contribution in [0.1, 0.15) is 30.0 Å². The summed E-state index contributed by atoms with van der Waals surface area (Å²) in [6.07, 6.45) is 3.25. The third kappa shape index (κ3) is 4.11. The first kappa shape index (κ1) is 21.3. The number of hydrogen-bond donors (Lipinski definition) is 2. The summed E-state index contributed by atoms with van der Waals surface area (Å²) in [5.74, 6) is 0.637. The van der Waals surface area contributed by atoms with Crippen molar-refractivity contribution in [3.05, 3.63) is 81.4 Å². The first-order valence-electron chi connectivity index (χ1n) is 9.89. The van der Waals surface area contributed by atoms with E-state index in [-0.39, 0.29) is 22.3 Å². The number of benzene rings is 1. The van der Waals surface area contributed by atoms with Crippen LogP contribution in [-0.4, -0.2) is 19.5 Å². The summed E-state index contributed by atoms with van der Waals surface area (Å²) in [5.41, 5.74) is 3.70. The van der Waals surface area contributed by atoms with Crippen LogP contribution in [0.15, 0.2) is 53.6 Å². The molecule has 0 fully saturated rings. The molecule has 2 N–H and O–H groups in total. The van der Waals surface area contributed by atoms with Crippen LogP contribution in [0.5, 0.6) is 0 Å². The maximum atomic E-state index is 12.5. The number of pyridine rings is 2. The van der Waals surface area contributed by atoms with Crippen LogP contribution in [0.4, 0.5) is 17.1 Å². The lowest BCUT2D eigenvalue weighted by Gasteiger charge is -2.18. The summed E-state index contributed by atoms with van der Waals surface area (Å²) in [7, 11) is 1.73. The van der Waals surface area contributed by atoms with Gasteiger partial charge in [-0.25, -0.2) is 15.0 Å². The third-order valence-corrected chi connectivity index (χ3v) is 5.40. The van der Waals surface area contributed by atoms with Gasteiger partial charge in [-0.15, -0.1) is 0 Å². The van der Waals surface area contributed by atoms with E-state index >= 15 is 0 Å². The van der Waals surface area contributed by atoms with Crippen molar-refractivity contribution in [2.75, 3.05) is 10.6 Å². The van der Waals surface area contributed by atoms with Gasteiger partial charge in [0, 0.05) is 48.0 Å². The molecule has 0 saturated carbocycles. The molecule has 0 spiro atoms. The number of hydrogen-bond acceptors (Lipinski definition) is 7. The molecule has 8 nitrogen and oxygen atoms in total. The molecule has 3 heterocycles. The van der Waals surface area contributed by atoms with E-state index in [0.29, 0.717) is 17.2 Å². The van der Waals surface area contributed by atoms with Crippen molar-refractivity contribution in [2.45, 2.75) is 19.9 Å². The molecular weight excluding hydrogens is 426 g/mol. The van der Waals surface area contributed by atoms with Crippen molar-refractivity contribution in [3.63, 3.8) is 0 Å². The molecule has 0 amide bonds. The molecule has 0 aliphatic heterocycles. The fourth-order valence-electron chi connectivity index (χ4n) is 3.44. The largest absolute Gasteiger partial charge is 0.375 e. The minimum absolute atomic E-state index is 0.134. The lowest BCUT2D eigenvalue weighted by atomic mass is 10.1. The molecule has 9 heteroatoms. The lowest BCUT2D eigenvalue weighted by molar-refractivity contribution is 0.780. The number of fused-ring (bicyclic) bond motifs is 1. The van der Waals surface area contributed by atoms with E-state index in [1.807, 2.05) is 38.1 Å². The van der Waals surface area contributed by atoms with E-state index in [2.05, 4.69) is 31.7 Å².